The van der Waals surface area contributed by atoms with Crippen LogP contribution in [0.3, 0.4) is 0 Å². The molecular formula is C18H20N6OS. The van der Waals surface area contributed by atoms with Crippen molar-refractivity contribution in [1.29, 1.82) is 0 Å². The van der Waals surface area contributed by atoms with E-state index in [-0.39, 0.29) is 5.91 Å². The van der Waals surface area contributed by atoms with E-state index in [1.54, 1.807) is 41.6 Å². The molecule has 0 aliphatic carbocycles. The number of imidazole rings is 1. The zero-order valence-electron chi connectivity index (χ0n) is 14.3. The number of piperidine rings is 1. The van der Waals surface area contributed by atoms with Crippen molar-refractivity contribution in [2.24, 2.45) is 0 Å². The summed E-state index contributed by atoms with van der Waals surface area (Å²) in [4.78, 5) is 27.8. The first-order chi connectivity index (χ1) is 12.8. The van der Waals surface area contributed by atoms with Gasteiger partial charge in [-0.1, -0.05) is 6.42 Å². The maximum atomic E-state index is 12.5. The summed E-state index contributed by atoms with van der Waals surface area (Å²) in [5.74, 6) is 0.465. The van der Waals surface area contributed by atoms with Gasteiger partial charge in [0, 0.05) is 36.1 Å². The molecule has 0 bridgehead atoms. The molecule has 0 spiro atoms. The number of carbonyl (C=O) groups is 1. The molecule has 26 heavy (non-hydrogen) atoms. The number of thiazole rings is 1. The second-order valence-corrected chi connectivity index (χ2v) is 7.17. The molecule has 8 heteroatoms. The minimum atomic E-state index is -0.187. The van der Waals surface area contributed by atoms with Crippen molar-refractivity contribution in [2.75, 3.05) is 18.4 Å². The van der Waals surface area contributed by atoms with E-state index < -0.39 is 0 Å². The summed E-state index contributed by atoms with van der Waals surface area (Å²) in [6.07, 6.45) is 10.6. The van der Waals surface area contributed by atoms with Crippen molar-refractivity contribution >= 4 is 22.4 Å². The normalized spacial score (nSPS) is 15.1. The summed E-state index contributed by atoms with van der Waals surface area (Å²) >= 11 is 1.46. The highest BCUT2D eigenvalue weighted by Gasteiger charge is 2.14. The van der Waals surface area contributed by atoms with Crippen LogP contribution in [-0.2, 0) is 6.54 Å². The molecule has 0 unspecified atom stereocenters. The molecule has 0 aromatic carbocycles. The Bertz CT molecular complexity index is 869. The van der Waals surface area contributed by atoms with Gasteiger partial charge in [0.15, 0.2) is 5.13 Å². The summed E-state index contributed by atoms with van der Waals surface area (Å²) in [5.41, 5.74) is 1.55. The number of nitrogens with zero attached hydrogens (tertiary/aromatic N) is 5. The number of amides is 1. The zero-order chi connectivity index (χ0) is 17.8. The van der Waals surface area contributed by atoms with Crippen LogP contribution in [-0.4, -0.2) is 43.4 Å². The number of hydrogen-bond donors (Lipinski definition) is 1. The van der Waals surface area contributed by atoms with Crippen molar-refractivity contribution in [3.63, 3.8) is 0 Å². The molecule has 3 aromatic heterocycles. The summed E-state index contributed by atoms with van der Waals surface area (Å²) in [6, 6.07) is 3.43. The average Bonchev–Trinajstić information content (AvgIpc) is 3.35. The number of aromatic nitrogens is 4. The Morgan fingerprint density at radius 2 is 2.12 bits per heavy atom. The van der Waals surface area contributed by atoms with Gasteiger partial charge in [-0.3, -0.25) is 19.6 Å². The largest absolute Gasteiger partial charge is 0.298 e. The van der Waals surface area contributed by atoms with Crippen LogP contribution in [0.15, 0.2) is 42.4 Å². The Balaban J connectivity index is 1.41. The lowest BCUT2D eigenvalue weighted by atomic mass is 10.1. The van der Waals surface area contributed by atoms with E-state index >= 15 is 0 Å². The van der Waals surface area contributed by atoms with E-state index in [1.165, 1.54) is 30.6 Å². The minimum absolute atomic E-state index is 0.187. The van der Waals surface area contributed by atoms with Gasteiger partial charge in [0.2, 0.25) is 0 Å². The van der Waals surface area contributed by atoms with Gasteiger partial charge in [-0.05, 0) is 38.1 Å². The first-order valence-electron chi connectivity index (χ1n) is 8.70. The monoisotopic (exact) mass is 368 g/mol. The Hall–Kier alpha value is -2.58. The molecule has 7 nitrogen and oxygen atoms in total. The average molecular weight is 368 g/mol. The lowest BCUT2D eigenvalue weighted by Crippen LogP contribution is -2.29. The fraction of sp³-hybridized carbons (Fsp3) is 0.333. The van der Waals surface area contributed by atoms with E-state index in [2.05, 4.69) is 25.2 Å². The highest BCUT2D eigenvalue weighted by molar-refractivity contribution is 7.13. The van der Waals surface area contributed by atoms with Crippen LogP contribution >= 0.6 is 11.3 Å². The van der Waals surface area contributed by atoms with Gasteiger partial charge >= 0.3 is 0 Å². The molecule has 0 radical (unpaired) electrons. The zero-order valence-corrected chi connectivity index (χ0v) is 15.2. The minimum Gasteiger partial charge on any atom is -0.298 e. The number of likely N-dealkylation sites (tertiary alicyclic amines) is 1. The summed E-state index contributed by atoms with van der Waals surface area (Å²) in [6.45, 7) is 3.12. The molecule has 1 aliphatic rings. The van der Waals surface area contributed by atoms with Crippen molar-refractivity contribution in [1.82, 2.24) is 24.4 Å². The van der Waals surface area contributed by atoms with Gasteiger partial charge in [0.05, 0.1) is 5.69 Å². The molecule has 0 saturated carbocycles. The van der Waals surface area contributed by atoms with E-state index in [0.717, 1.165) is 25.3 Å². The molecule has 1 fully saturated rings. The summed E-state index contributed by atoms with van der Waals surface area (Å²) in [5, 5.41) is 5.53. The molecule has 4 rings (SSSR count). The number of hydrogen-bond acceptors (Lipinski definition) is 6. The van der Waals surface area contributed by atoms with Gasteiger partial charge in [-0.2, -0.15) is 0 Å². The molecule has 1 amide bonds. The predicted octanol–water partition coefficient (Wildman–Crippen LogP) is 2.96. The molecule has 1 saturated heterocycles. The molecule has 3 aromatic rings. The predicted molar refractivity (Wildman–Crippen MR) is 101 cm³/mol. The fourth-order valence-corrected chi connectivity index (χ4v) is 3.74. The quantitative estimate of drug-likeness (QED) is 0.749. The first kappa shape index (κ1) is 16.9. The number of anilines is 1. The van der Waals surface area contributed by atoms with E-state index in [1.807, 2.05) is 5.38 Å². The standard InChI is InChI=1S/C18H20N6OS/c25-17(14-4-5-20-16(10-14)24-9-6-19-13-24)22-18-21-15(12-26-18)11-23-7-2-1-3-8-23/h4-6,9-10,12-13H,1-3,7-8,11H2,(H,21,22,25). The lowest BCUT2D eigenvalue weighted by Gasteiger charge is -2.25. The van der Waals surface area contributed by atoms with Crippen LogP contribution in [0.4, 0.5) is 5.13 Å². The third kappa shape index (κ3) is 3.97. The third-order valence-corrected chi connectivity index (χ3v) is 5.19. The molecule has 0 atom stereocenters. The van der Waals surface area contributed by atoms with Gasteiger partial charge in [-0.25, -0.2) is 15.0 Å². The molecule has 1 N–H and O–H groups in total. The van der Waals surface area contributed by atoms with Gasteiger partial charge < -0.3 is 0 Å². The fourth-order valence-electron chi connectivity index (χ4n) is 3.05. The Kier molecular flexibility index (Phi) is 5.03. The van der Waals surface area contributed by atoms with Crippen LogP contribution in [0.25, 0.3) is 5.82 Å². The molecular weight excluding hydrogens is 348 g/mol. The summed E-state index contributed by atoms with van der Waals surface area (Å²) in [7, 11) is 0. The van der Waals surface area contributed by atoms with Crippen LogP contribution in [0.2, 0.25) is 0 Å². The third-order valence-electron chi connectivity index (χ3n) is 4.38. The smallest absolute Gasteiger partial charge is 0.257 e. The van der Waals surface area contributed by atoms with Gasteiger partial charge in [0.25, 0.3) is 5.91 Å². The number of carbonyl (C=O) groups excluding carboxylic acids is 1. The van der Waals surface area contributed by atoms with Gasteiger partial charge in [-0.15, -0.1) is 11.3 Å². The van der Waals surface area contributed by atoms with Crippen LogP contribution in [0.5, 0.6) is 0 Å². The van der Waals surface area contributed by atoms with E-state index in [0.29, 0.717) is 16.5 Å². The first-order valence-corrected chi connectivity index (χ1v) is 9.58. The van der Waals surface area contributed by atoms with Crippen molar-refractivity contribution in [2.45, 2.75) is 25.8 Å². The number of pyridine rings is 1. The summed E-state index contributed by atoms with van der Waals surface area (Å²) < 4.78 is 1.76. The topological polar surface area (TPSA) is 75.9 Å². The van der Waals surface area contributed by atoms with Crippen LogP contribution in [0.1, 0.15) is 35.3 Å². The Morgan fingerprint density at radius 1 is 1.23 bits per heavy atom. The maximum absolute atomic E-state index is 12.5. The van der Waals surface area contributed by atoms with E-state index in [9.17, 15) is 4.79 Å². The Labute approximate surface area is 155 Å². The van der Waals surface area contributed by atoms with Crippen LogP contribution < -0.4 is 5.32 Å². The number of nitrogens with one attached hydrogen (secondary N) is 1. The molecule has 134 valence electrons. The van der Waals surface area contributed by atoms with Crippen molar-refractivity contribution in [3.05, 3.63) is 53.7 Å². The van der Waals surface area contributed by atoms with Crippen LogP contribution in [0, 0.1) is 0 Å². The maximum Gasteiger partial charge on any atom is 0.257 e. The lowest BCUT2D eigenvalue weighted by molar-refractivity contribution is 0.102. The SMILES string of the molecule is O=C(Nc1nc(CN2CCCCC2)cs1)c1ccnc(-n2ccnc2)c1. The highest BCUT2D eigenvalue weighted by Crippen LogP contribution is 2.20. The molecule has 4 heterocycles. The number of rotatable bonds is 5. The van der Waals surface area contributed by atoms with E-state index in [4.69, 9.17) is 0 Å². The second kappa shape index (κ2) is 7.76. The van der Waals surface area contributed by atoms with Crippen molar-refractivity contribution < 1.29 is 4.79 Å². The van der Waals surface area contributed by atoms with Gasteiger partial charge in [0.1, 0.15) is 12.1 Å². The second-order valence-electron chi connectivity index (χ2n) is 6.31. The Morgan fingerprint density at radius 3 is 2.92 bits per heavy atom. The highest BCUT2D eigenvalue weighted by atomic mass is 32.1. The van der Waals surface area contributed by atoms with Crippen molar-refractivity contribution in [3.8, 4) is 5.82 Å². The molecule has 1 aliphatic heterocycles.